The van der Waals surface area contributed by atoms with Gasteiger partial charge in [0.25, 0.3) is 5.91 Å². The van der Waals surface area contributed by atoms with Crippen LogP contribution in [0.2, 0.25) is 0 Å². The smallest absolute Gasteiger partial charge is 0.293 e. The van der Waals surface area contributed by atoms with Gasteiger partial charge in [0.15, 0.2) is 5.69 Å². The predicted molar refractivity (Wildman–Crippen MR) is 120 cm³/mol. The Morgan fingerprint density at radius 1 is 1.18 bits per heavy atom. The molecule has 12 nitrogen and oxygen atoms in total. The zero-order valence-electron chi connectivity index (χ0n) is 17.9. The van der Waals surface area contributed by atoms with E-state index in [2.05, 4.69) is 41.1 Å². The number of carbonyl (C=O) groups excluding carboxylic acids is 1. The lowest BCUT2D eigenvalue weighted by molar-refractivity contribution is 0.0949. The molecule has 2 heterocycles. The zero-order chi connectivity index (χ0) is 23.2. The number of amides is 1. The van der Waals surface area contributed by atoms with Crippen molar-refractivity contribution in [3.05, 3.63) is 71.5 Å². The van der Waals surface area contributed by atoms with E-state index in [4.69, 9.17) is 10.5 Å². The van der Waals surface area contributed by atoms with Crippen LogP contribution in [-0.4, -0.2) is 44.0 Å². The van der Waals surface area contributed by atoms with Crippen LogP contribution in [0.15, 0.2) is 64.3 Å². The summed E-state index contributed by atoms with van der Waals surface area (Å²) >= 11 is 0. The monoisotopic (exact) mass is 447 g/mol. The topological polar surface area (TPSA) is 158 Å². The molecule has 0 aliphatic heterocycles. The maximum Gasteiger partial charge on any atom is 0.293 e. The molecule has 0 radical (unpaired) electrons. The zero-order valence-corrected chi connectivity index (χ0v) is 17.9. The summed E-state index contributed by atoms with van der Waals surface area (Å²) < 4.78 is 11.2. The van der Waals surface area contributed by atoms with Gasteiger partial charge < -0.3 is 15.8 Å². The molecule has 0 saturated carbocycles. The highest BCUT2D eigenvalue weighted by Gasteiger charge is 2.23. The Labute approximate surface area is 188 Å². The van der Waals surface area contributed by atoms with E-state index in [1.165, 1.54) is 4.68 Å². The third-order valence-electron chi connectivity index (χ3n) is 4.72. The number of hydrogen-bond acceptors (Lipinski definition) is 10. The van der Waals surface area contributed by atoms with Gasteiger partial charge in [-0.1, -0.05) is 35.5 Å². The van der Waals surface area contributed by atoms with Crippen molar-refractivity contribution in [2.75, 3.05) is 18.2 Å². The van der Waals surface area contributed by atoms with Crippen molar-refractivity contribution < 1.29 is 14.2 Å². The number of ether oxygens (including phenoxy) is 1. The van der Waals surface area contributed by atoms with E-state index >= 15 is 0 Å². The maximum absolute atomic E-state index is 12.9. The summed E-state index contributed by atoms with van der Waals surface area (Å²) in [6, 6.07) is 16.8. The molecule has 33 heavy (non-hydrogen) atoms. The van der Waals surface area contributed by atoms with E-state index in [0.717, 1.165) is 11.3 Å². The number of benzene rings is 2. The number of para-hydroxylation sites is 1. The minimum absolute atomic E-state index is 0.0136. The normalized spacial score (nSPS) is 11.3. The SMILES string of the molecule is COc1cccc(C(C)=NNC(=O)c2nnn(-c3nonc3N)c2CNc2ccccc2)c1. The number of nitrogens with one attached hydrogen (secondary N) is 2. The minimum atomic E-state index is -0.552. The van der Waals surface area contributed by atoms with Crippen molar-refractivity contribution in [3.63, 3.8) is 0 Å². The largest absolute Gasteiger partial charge is 0.497 e. The number of aromatic nitrogens is 5. The number of rotatable bonds is 8. The highest BCUT2D eigenvalue weighted by atomic mass is 16.6. The molecule has 4 aromatic rings. The summed E-state index contributed by atoms with van der Waals surface area (Å²) in [6.07, 6.45) is 0. The molecule has 0 saturated heterocycles. The molecule has 0 spiro atoms. The molecule has 2 aromatic heterocycles. The van der Waals surface area contributed by atoms with Gasteiger partial charge >= 0.3 is 0 Å². The lowest BCUT2D eigenvalue weighted by Gasteiger charge is -2.09. The Hall–Kier alpha value is -4.74. The van der Waals surface area contributed by atoms with E-state index in [-0.39, 0.29) is 23.9 Å². The van der Waals surface area contributed by atoms with Crippen LogP contribution in [-0.2, 0) is 6.54 Å². The molecule has 1 amide bonds. The highest BCUT2D eigenvalue weighted by Crippen LogP contribution is 2.18. The number of hydrogen-bond donors (Lipinski definition) is 3. The molecule has 0 unspecified atom stereocenters. The highest BCUT2D eigenvalue weighted by molar-refractivity contribution is 6.01. The minimum Gasteiger partial charge on any atom is -0.497 e. The summed E-state index contributed by atoms with van der Waals surface area (Å²) in [5.41, 5.74) is 11.0. The van der Waals surface area contributed by atoms with Gasteiger partial charge in [-0.05, 0) is 41.5 Å². The Morgan fingerprint density at radius 2 is 2.00 bits per heavy atom. The quantitative estimate of drug-likeness (QED) is 0.271. The molecule has 0 bridgehead atoms. The Kier molecular flexibility index (Phi) is 6.25. The summed E-state index contributed by atoms with van der Waals surface area (Å²) in [5.74, 6) is 0.273. The second-order valence-corrected chi connectivity index (χ2v) is 6.86. The molecule has 168 valence electrons. The molecule has 0 atom stereocenters. The first-order chi connectivity index (χ1) is 16.1. The molecule has 4 N–H and O–H groups in total. The second kappa shape index (κ2) is 9.60. The van der Waals surface area contributed by atoms with Crippen LogP contribution in [0, 0.1) is 0 Å². The van der Waals surface area contributed by atoms with E-state index in [1.807, 2.05) is 54.6 Å². The molecule has 4 rings (SSSR count). The van der Waals surface area contributed by atoms with E-state index in [1.54, 1.807) is 14.0 Å². The van der Waals surface area contributed by atoms with Gasteiger partial charge in [0, 0.05) is 11.3 Å². The predicted octanol–water partition coefficient (Wildman–Crippen LogP) is 2.01. The fourth-order valence-electron chi connectivity index (χ4n) is 2.99. The van der Waals surface area contributed by atoms with Gasteiger partial charge in [-0.15, -0.1) is 5.10 Å². The summed E-state index contributed by atoms with van der Waals surface area (Å²) in [7, 11) is 1.58. The third kappa shape index (κ3) is 4.79. The van der Waals surface area contributed by atoms with Gasteiger partial charge in [-0.2, -0.15) is 9.78 Å². The first-order valence-corrected chi connectivity index (χ1v) is 9.87. The molecule has 0 aliphatic carbocycles. The molecular weight excluding hydrogens is 426 g/mol. The number of carbonyl (C=O) groups is 1. The van der Waals surface area contributed by atoms with Crippen LogP contribution >= 0.6 is 0 Å². The van der Waals surface area contributed by atoms with Crippen LogP contribution < -0.4 is 21.2 Å². The number of methoxy groups -OCH3 is 1. The third-order valence-corrected chi connectivity index (χ3v) is 4.72. The van der Waals surface area contributed by atoms with Gasteiger partial charge in [-0.25, -0.2) is 10.1 Å². The molecule has 0 aliphatic rings. The van der Waals surface area contributed by atoms with Crippen molar-refractivity contribution in [2.24, 2.45) is 5.10 Å². The molecular formula is C21H21N9O3. The average Bonchev–Trinajstić information content (AvgIpc) is 3.47. The Morgan fingerprint density at radius 3 is 2.73 bits per heavy atom. The fraction of sp³-hybridized carbons (Fsp3) is 0.143. The number of nitrogen functional groups attached to an aromatic ring is 1. The number of anilines is 2. The van der Waals surface area contributed by atoms with E-state index < -0.39 is 5.91 Å². The Balaban J connectivity index is 1.60. The lowest BCUT2D eigenvalue weighted by atomic mass is 10.1. The standard InChI is InChI=1S/C21H21N9O3/c1-13(14-7-6-10-16(11-14)32-2)24-26-21(31)18-17(12-23-15-8-4-3-5-9-15)30(29-25-18)20-19(22)27-33-28-20/h3-11,23H,12H2,1-2H3,(H2,22,27)(H,26,31). The fourth-order valence-corrected chi connectivity index (χ4v) is 2.99. The molecule has 12 heteroatoms. The summed E-state index contributed by atoms with van der Waals surface area (Å²) in [4.78, 5) is 12.9. The second-order valence-electron chi connectivity index (χ2n) is 6.86. The Bertz CT molecular complexity index is 1280. The lowest BCUT2D eigenvalue weighted by Crippen LogP contribution is -2.22. The van der Waals surface area contributed by atoms with Gasteiger partial charge in [0.05, 0.1) is 25.1 Å². The van der Waals surface area contributed by atoms with E-state index in [9.17, 15) is 4.79 Å². The van der Waals surface area contributed by atoms with Gasteiger partial charge in [-0.3, -0.25) is 4.79 Å². The van der Waals surface area contributed by atoms with Crippen molar-refractivity contribution in [1.82, 2.24) is 30.7 Å². The number of nitrogens with two attached hydrogens (primary N) is 1. The van der Waals surface area contributed by atoms with Crippen LogP contribution in [0.5, 0.6) is 5.75 Å². The maximum atomic E-state index is 12.9. The van der Waals surface area contributed by atoms with Crippen LogP contribution in [0.25, 0.3) is 5.82 Å². The first kappa shape index (κ1) is 21.5. The van der Waals surface area contributed by atoms with Gasteiger partial charge in [0.1, 0.15) is 5.75 Å². The summed E-state index contributed by atoms with van der Waals surface area (Å²) in [6.45, 7) is 1.97. The number of nitrogens with zero attached hydrogens (tertiary/aromatic N) is 6. The number of hydrazone groups is 1. The average molecular weight is 447 g/mol. The van der Waals surface area contributed by atoms with E-state index in [0.29, 0.717) is 17.2 Å². The van der Waals surface area contributed by atoms with Crippen LogP contribution in [0.4, 0.5) is 11.5 Å². The molecule has 0 fully saturated rings. The van der Waals surface area contributed by atoms with Crippen molar-refractivity contribution in [3.8, 4) is 11.6 Å². The molecule has 2 aromatic carbocycles. The van der Waals surface area contributed by atoms with Crippen LogP contribution in [0.3, 0.4) is 0 Å². The summed E-state index contributed by atoms with van der Waals surface area (Å²) in [5, 5.41) is 22.8. The van der Waals surface area contributed by atoms with Gasteiger partial charge in [0.2, 0.25) is 11.6 Å². The van der Waals surface area contributed by atoms with Crippen molar-refractivity contribution >= 4 is 23.1 Å². The van der Waals surface area contributed by atoms with Crippen molar-refractivity contribution in [1.29, 1.82) is 0 Å². The van der Waals surface area contributed by atoms with Crippen molar-refractivity contribution in [2.45, 2.75) is 13.5 Å². The first-order valence-electron chi connectivity index (χ1n) is 9.87. The van der Waals surface area contributed by atoms with Crippen LogP contribution in [0.1, 0.15) is 28.7 Å².